The molecule has 104 valence electrons. The molecule has 0 saturated carbocycles. The van der Waals surface area contributed by atoms with E-state index in [4.69, 9.17) is 5.84 Å². The van der Waals surface area contributed by atoms with Gasteiger partial charge >= 0.3 is 0 Å². The Morgan fingerprint density at radius 2 is 2.06 bits per heavy atom. The van der Waals surface area contributed by atoms with Crippen LogP contribution in [0.1, 0.15) is 45.4 Å². The summed E-state index contributed by atoms with van der Waals surface area (Å²) in [4.78, 5) is 8.08. The number of anilines is 1. The first-order valence-corrected chi connectivity index (χ1v) is 7.57. The summed E-state index contributed by atoms with van der Waals surface area (Å²) in [5.41, 5.74) is 2.61. The number of hydrazine groups is 1. The molecule has 1 rings (SSSR count). The third kappa shape index (κ3) is 4.55. The third-order valence-electron chi connectivity index (χ3n) is 3.09. The molecule has 0 saturated heterocycles. The molecule has 18 heavy (non-hydrogen) atoms. The SMILES string of the molecule is CCC(CC)N(Cc1cnc(NN)s1)CC(C)C. The summed E-state index contributed by atoms with van der Waals surface area (Å²) in [6.45, 7) is 11.2. The van der Waals surface area contributed by atoms with Gasteiger partial charge in [-0.15, -0.1) is 0 Å². The van der Waals surface area contributed by atoms with Gasteiger partial charge in [-0.2, -0.15) is 0 Å². The van der Waals surface area contributed by atoms with Crippen molar-refractivity contribution >= 4 is 16.5 Å². The van der Waals surface area contributed by atoms with Crippen molar-refractivity contribution in [2.45, 2.75) is 53.1 Å². The Hall–Kier alpha value is -0.650. The zero-order valence-electron chi connectivity index (χ0n) is 11.9. The largest absolute Gasteiger partial charge is 0.300 e. The van der Waals surface area contributed by atoms with Gasteiger partial charge in [0.15, 0.2) is 5.13 Å². The van der Waals surface area contributed by atoms with Crippen molar-refractivity contribution in [2.75, 3.05) is 12.0 Å². The molecule has 1 heterocycles. The lowest BCUT2D eigenvalue weighted by atomic mass is 10.1. The van der Waals surface area contributed by atoms with Crippen molar-refractivity contribution in [3.8, 4) is 0 Å². The Morgan fingerprint density at radius 3 is 2.50 bits per heavy atom. The predicted molar refractivity (Wildman–Crippen MR) is 79.5 cm³/mol. The van der Waals surface area contributed by atoms with Gasteiger partial charge in [0.2, 0.25) is 0 Å². The highest BCUT2D eigenvalue weighted by Gasteiger charge is 2.17. The molecular formula is C13H26N4S. The van der Waals surface area contributed by atoms with Crippen LogP contribution in [0.3, 0.4) is 0 Å². The van der Waals surface area contributed by atoms with E-state index in [0.29, 0.717) is 12.0 Å². The molecule has 0 bridgehead atoms. The van der Waals surface area contributed by atoms with Gasteiger partial charge in [-0.25, -0.2) is 10.8 Å². The monoisotopic (exact) mass is 270 g/mol. The van der Waals surface area contributed by atoms with Crippen molar-refractivity contribution in [1.29, 1.82) is 0 Å². The fraction of sp³-hybridized carbons (Fsp3) is 0.769. The van der Waals surface area contributed by atoms with Crippen LogP contribution in [-0.2, 0) is 6.54 Å². The fourth-order valence-electron chi connectivity index (χ4n) is 2.26. The Balaban J connectivity index is 2.70. The van der Waals surface area contributed by atoms with E-state index in [2.05, 4.69) is 43.0 Å². The van der Waals surface area contributed by atoms with E-state index in [1.807, 2.05) is 6.20 Å². The highest BCUT2D eigenvalue weighted by Crippen LogP contribution is 2.21. The molecule has 0 radical (unpaired) electrons. The maximum Gasteiger partial charge on any atom is 0.197 e. The first-order chi connectivity index (χ1) is 8.60. The van der Waals surface area contributed by atoms with Crippen LogP contribution in [0.25, 0.3) is 0 Å². The summed E-state index contributed by atoms with van der Waals surface area (Å²) in [5.74, 6) is 6.06. The second-order valence-corrected chi connectivity index (χ2v) is 6.18. The van der Waals surface area contributed by atoms with Crippen LogP contribution in [-0.4, -0.2) is 22.5 Å². The number of hydrogen-bond donors (Lipinski definition) is 2. The van der Waals surface area contributed by atoms with Gasteiger partial charge in [0.25, 0.3) is 0 Å². The lowest BCUT2D eigenvalue weighted by Gasteiger charge is -2.31. The molecule has 0 amide bonds. The predicted octanol–water partition coefficient (Wildman–Crippen LogP) is 3.08. The van der Waals surface area contributed by atoms with Crippen LogP contribution in [0.4, 0.5) is 5.13 Å². The number of nitrogen functional groups attached to an aromatic ring is 1. The molecule has 4 nitrogen and oxygen atoms in total. The average molecular weight is 270 g/mol. The Bertz CT molecular complexity index is 333. The molecule has 0 aliphatic carbocycles. The molecule has 3 N–H and O–H groups in total. The van der Waals surface area contributed by atoms with Crippen molar-refractivity contribution in [2.24, 2.45) is 11.8 Å². The first-order valence-electron chi connectivity index (χ1n) is 6.76. The number of aromatic nitrogens is 1. The summed E-state index contributed by atoms with van der Waals surface area (Å²) in [5, 5.41) is 0.791. The highest BCUT2D eigenvalue weighted by molar-refractivity contribution is 7.15. The van der Waals surface area contributed by atoms with E-state index in [1.54, 1.807) is 11.3 Å². The van der Waals surface area contributed by atoms with Gasteiger partial charge in [-0.05, 0) is 18.8 Å². The summed E-state index contributed by atoms with van der Waals surface area (Å²) < 4.78 is 0. The first kappa shape index (κ1) is 15.4. The highest BCUT2D eigenvalue weighted by atomic mass is 32.1. The van der Waals surface area contributed by atoms with Gasteiger partial charge in [0.05, 0.1) is 0 Å². The zero-order valence-corrected chi connectivity index (χ0v) is 12.8. The number of nitrogens with two attached hydrogens (primary N) is 1. The van der Waals surface area contributed by atoms with Crippen molar-refractivity contribution in [3.63, 3.8) is 0 Å². The van der Waals surface area contributed by atoms with E-state index in [1.165, 1.54) is 17.7 Å². The molecule has 0 fully saturated rings. The molecular weight excluding hydrogens is 244 g/mol. The normalized spacial score (nSPS) is 11.8. The van der Waals surface area contributed by atoms with Gasteiger partial charge in [-0.3, -0.25) is 10.3 Å². The Labute approximate surface area is 115 Å². The molecule has 5 heteroatoms. The zero-order chi connectivity index (χ0) is 13.5. The van der Waals surface area contributed by atoms with Crippen LogP contribution >= 0.6 is 11.3 Å². The van der Waals surface area contributed by atoms with Crippen molar-refractivity contribution in [3.05, 3.63) is 11.1 Å². The smallest absolute Gasteiger partial charge is 0.197 e. The molecule has 0 aliphatic heterocycles. The van der Waals surface area contributed by atoms with E-state index < -0.39 is 0 Å². The second-order valence-electron chi connectivity index (χ2n) is 5.07. The van der Waals surface area contributed by atoms with Crippen molar-refractivity contribution in [1.82, 2.24) is 9.88 Å². The van der Waals surface area contributed by atoms with Gasteiger partial charge < -0.3 is 0 Å². The standard InChI is InChI=1S/C13H26N4S/c1-5-11(6-2)17(8-10(3)4)9-12-7-15-13(16-14)18-12/h7,10-11H,5-6,8-9,14H2,1-4H3,(H,15,16). The summed E-state index contributed by atoms with van der Waals surface area (Å²) in [6, 6.07) is 0.656. The van der Waals surface area contributed by atoms with Crippen LogP contribution in [0, 0.1) is 5.92 Å². The van der Waals surface area contributed by atoms with E-state index in [9.17, 15) is 0 Å². The van der Waals surface area contributed by atoms with Gasteiger partial charge in [0.1, 0.15) is 0 Å². The minimum Gasteiger partial charge on any atom is -0.300 e. The summed E-state index contributed by atoms with van der Waals surface area (Å²) >= 11 is 1.64. The lowest BCUT2D eigenvalue weighted by Crippen LogP contribution is -2.36. The molecule has 0 atom stereocenters. The molecule has 0 spiro atoms. The van der Waals surface area contributed by atoms with E-state index in [-0.39, 0.29) is 0 Å². The number of nitrogens with zero attached hydrogens (tertiary/aromatic N) is 2. The van der Waals surface area contributed by atoms with Gasteiger partial charge in [-0.1, -0.05) is 39.0 Å². The Morgan fingerprint density at radius 1 is 1.39 bits per heavy atom. The topological polar surface area (TPSA) is 54.2 Å². The Kier molecular flexibility index (Phi) is 6.60. The number of thiazole rings is 1. The lowest BCUT2D eigenvalue weighted by molar-refractivity contribution is 0.159. The molecule has 1 aromatic rings. The number of hydrogen-bond acceptors (Lipinski definition) is 5. The quantitative estimate of drug-likeness (QED) is 0.563. The van der Waals surface area contributed by atoms with E-state index >= 15 is 0 Å². The third-order valence-corrected chi connectivity index (χ3v) is 4.01. The minimum absolute atomic E-state index is 0.656. The van der Waals surface area contributed by atoms with Crippen LogP contribution in [0.15, 0.2) is 6.20 Å². The van der Waals surface area contributed by atoms with E-state index in [0.717, 1.165) is 18.2 Å². The molecule has 0 aliphatic rings. The average Bonchev–Trinajstić information content (AvgIpc) is 2.77. The molecule has 0 unspecified atom stereocenters. The fourth-order valence-corrected chi connectivity index (χ4v) is 3.01. The second kappa shape index (κ2) is 7.71. The minimum atomic E-state index is 0.656. The van der Waals surface area contributed by atoms with Gasteiger partial charge in [0, 0.05) is 30.2 Å². The molecule has 1 aromatic heterocycles. The maximum atomic E-state index is 5.37. The van der Waals surface area contributed by atoms with Crippen molar-refractivity contribution < 1.29 is 0 Å². The number of rotatable bonds is 8. The van der Waals surface area contributed by atoms with Crippen LogP contribution in [0.2, 0.25) is 0 Å². The number of nitrogens with one attached hydrogen (secondary N) is 1. The summed E-state index contributed by atoms with van der Waals surface area (Å²) in [7, 11) is 0. The molecule has 0 aromatic carbocycles. The van der Waals surface area contributed by atoms with Crippen LogP contribution in [0.5, 0.6) is 0 Å². The maximum absolute atomic E-state index is 5.37. The van der Waals surface area contributed by atoms with Crippen LogP contribution < -0.4 is 11.3 Å². The summed E-state index contributed by atoms with van der Waals surface area (Å²) in [6.07, 6.45) is 4.32.